The van der Waals surface area contributed by atoms with E-state index in [1.807, 2.05) is 28.0 Å². The number of piperidine rings is 2. The first-order valence-corrected chi connectivity index (χ1v) is 28.9. The monoisotopic (exact) mass is 1100 g/mol. The van der Waals surface area contributed by atoms with Gasteiger partial charge in [0.2, 0.25) is 29.6 Å². The lowest BCUT2D eigenvalue weighted by Gasteiger charge is -2.44. The minimum Gasteiger partial charge on any atom is -0.494 e. The van der Waals surface area contributed by atoms with Crippen LogP contribution in [-0.4, -0.2) is 127 Å². The number of hydrogen-bond donors (Lipinski definition) is 4. The number of piperazine rings is 1. The standard InChI is InChI=1S/C53H61BrF2N11O6P/c1-5-30-24-42(60-53-57-28-37(54)49(63-53)59-41-11-10-40-35(48(41)74(3,4)72)8-12-45(58-40)61-50(69)31-6-7-31)44(73-2)27-43(30)65-18-15-33(16-19-65)64-20-22-66(23-21-64)52(71)32-14-17-67(29-32)34-25-38(55)47(39(56)26-34)36-9-13-46(68)62-51(36)70/h8,10-12,24-28,31-33,36H,5-7,9,13-23,29H2,1-4H3,(H,58,61,69)(H,62,68,70)(H2,57,59,60,63)/t32-,36-/m1/s1. The normalized spacial score (nSPS) is 20.0. The van der Waals surface area contributed by atoms with Gasteiger partial charge in [0.05, 0.1) is 40.3 Å². The highest BCUT2D eigenvalue weighted by atomic mass is 79.9. The number of ether oxygens (including phenoxy) is 1. The average Bonchev–Trinajstić information content (AvgIpc) is 4.13. The Kier molecular flexibility index (Phi) is 14.7. The van der Waals surface area contributed by atoms with Crippen molar-refractivity contribution in [2.24, 2.45) is 11.8 Å². The molecule has 5 fully saturated rings. The number of benzene rings is 3. The van der Waals surface area contributed by atoms with Crippen molar-refractivity contribution in [3.8, 4) is 5.75 Å². The Labute approximate surface area is 437 Å². The summed E-state index contributed by atoms with van der Waals surface area (Å²) in [6.45, 7) is 10.9. The number of aromatic nitrogens is 3. The lowest BCUT2D eigenvalue weighted by Crippen LogP contribution is -2.55. The highest BCUT2D eigenvalue weighted by molar-refractivity contribution is 9.10. The van der Waals surface area contributed by atoms with Gasteiger partial charge >= 0.3 is 0 Å². The zero-order valence-electron chi connectivity index (χ0n) is 42.0. The van der Waals surface area contributed by atoms with Gasteiger partial charge in [-0.25, -0.2) is 18.7 Å². The number of pyridine rings is 1. The highest BCUT2D eigenvalue weighted by Crippen LogP contribution is 2.43. The number of rotatable bonds is 14. The molecule has 1 aliphatic carbocycles. The van der Waals surface area contributed by atoms with Crippen molar-refractivity contribution in [2.75, 3.05) is 98.5 Å². The Morgan fingerprint density at radius 3 is 2.26 bits per heavy atom. The Hall–Kier alpha value is -6.24. The molecule has 74 heavy (non-hydrogen) atoms. The molecule has 390 valence electrons. The summed E-state index contributed by atoms with van der Waals surface area (Å²) in [6.07, 6.45) is 6.80. The second-order valence-corrected chi connectivity index (χ2v) is 24.4. The van der Waals surface area contributed by atoms with E-state index in [1.165, 1.54) is 12.1 Å². The van der Waals surface area contributed by atoms with Crippen LogP contribution in [0.5, 0.6) is 5.75 Å². The van der Waals surface area contributed by atoms with Crippen LogP contribution >= 0.6 is 23.1 Å². The molecule has 5 aliphatic rings. The van der Waals surface area contributed by atoms with Crippen molar-refractivity contribution in [2.45, 2.75) is 70.3 Å². The molecule has 21 heteroatoms. The fraction of sp³-hybridized carbons (Fsp3) is 0.453. The highest BCUT2D eigenvalue weighted by Gasteiger charge is 2.37. The molecule has 6 heterocycles. The average molecular weight is 1100 g/mol. The molecule has 3 aromatic carbocycles. The Morgan fingerprint density at radius 2 is 1.58 bits per heavy atom. The van der Waals surface area contributed by atoms with E-state index in [0.29, 0.717) is 94.3 Å². The van der Waals surface area contributed by atoms with Crippen LogP contribution in [0.25, 0.3) is 10.9 Å². The molecular weight excluding hydrogens is 1040 g/mol. The van der Waals surface area contributed by atoms with Crippen molar-refractivity contribution in [3.63, 3.8) is 0 Å². The zero-order valence-corrected chi connectivity index (χ0v) is 44.5. The van der Waals surface area contributed by atoms with Gasteiger partial charge in [0.15, 0.2) is 0 Å². The number of methoxy groups -OCH3 is 1. The van der Waals surface area contributed by atoms with E-state index in [-0.39, 0.29) is 42.1 Å². The van der Waals surface area contributed by atoms with Crippen molar-refractivity contribution in [1.82, 2.24) is 30.1 Å². The van der Waals surface area contributed by atoms with Gasteiger partial charge in [-0.1, -0.05) is 6.92 Å². The summed E-state index contributed by atoms with van der Waals surface area (Å²) in [5, 5.41) is 13.2. The van der Waals surface area contributed by atoms with Crippen LogP contribution in [0.15, 0.2) is 59.2 Å². The Bertz CT molecular complexity index is 3060. The molecule has 4 aliphatic heterocycles. The van der Waals surface area contributed by atoms with E-state index in [2.05, 4.69) is 76.0 Å². The van der Waals surface area contributed by atoms with E-state index in [4.69, 9.17) is 9.72 Å². The van der Waals surface area contributed by atoms with Crippen LogP contribution in [-0.2, 0) is 30.2 Å². The number of nitrogens with one attached hydrogen (secondary N) is 4. The second-order valence-electron chi connectivity index (χ2n) is 20.4. The topological polar surface area (TPSA) is 194 Å². The first-order chi connectivity index (χ1) is 35.5. The molecular formula is C53H61BrF2N11O6P. The van der Waals surface area contributed by atoms with Crippen molar-refractivity contribution >= 4 is 103 Å². The quantitative estimate of drug-likeness (QED) is 0.0620. The third-order valence-electron chi connectivity index (χ3n) is 15.1. The number of imide groups is 1. The maximum Gasteiger partial charge on any atom is 0.234 e. The zero-order chi connectivity index (χ0) is 52.0. The van der Waals surface area contributed by atoms with Gasteiger partial charge in [0.1, 0.15) is 36.2 Å². The van der Waals surface area contributed by atoms with E-state index >= 15 is 8.78 Å². The fourth-order valence-corrected chi connectivity index (χ4v) is 12.8. The predicted octanol–water partition coefficient (Wildman–Crippen LogP) is 7.88. The molecule has 0 bridgehead atoms. The largest absolute Gasteiger partial charge is 0.494 e. The number of aryl methyl sites for hydroxylation is 1. The minimum atomic E-state index is -2.87. The van der Waals surface area contributed by atoms with Crippen LogP contribution in [0.1, 0.15) is 68.9 Å². The summed E-state index contributed by atoms with van der Waals surface area (Å²) >= 11 is 3.61. The number of carbonyl (C=O) groups is 4. The first-order valence-electron chi connectivity index (χ1n) is 25.5. The number of carbonyl (C=O) groups excluding carboxylic acids is 4. The number of amides is 4. The van der Waals surface area contributed by atoms with E-state index in [9.17, 15) is 23.7 Å². The van der Waals surface area contributed by atoms with Crippen LogP contribution in [0.2, 0.25) is 0 Å². The maximum absolute atomic E-state index is 15.3. The summed E-state index contributed by atoms with van der Waals surface area (Å²) in [4.78, 5) is 72.9. The number of hydrogen-bond acceptors (Lipinski definition) is 14. The molecule has 1 saturated carbocycles. The molecule has 0 unspecified atom stereocenters. The van der Waals surface area contributed by atoms with Gasteiger partial charge < -0.3 is 40.0 Å². The smallest absolute Gasteiger partial charge is 0.234 e. The Balaban J connectivity index is 0.743. The summed E-state index contributed by atoms with van der Waals surface area (Å²) in [5.41, 5.74) is 4.23. The molecule has 4 N–H and O–H groups in total. The van der Waals surface area contributed by atoms with E-state index < -0.39 is 36.5 Å². The maximum atomic E-state index is 15.3. The predicted molar refractivity (Wildman–Crippen MR) is 286 cm³/mol. The molecule has 0 radical (unpaired) electrons. The van der Waals surface area contributed by atoms with Gasteiger partial charge in [0, 0.05) is 111 Å². The van der Waals surface area contributed by atoms with Gasteiger partial charge in [-0.2, -0.15) is 4.98 Å². The fourth-order valence-electron chi connectivity index (χ4n) is 11.0. The molecule has 4 amide bonds. The van der Waals surface area contributed by atoms with Crippen molar-refractivity contribution in [1.29, 1.82) is 0 Å². The first kappa shape index (κ1) is 51.3. The van der Waals surface area contributed by atoms with Crippen molar-refractivity contribution in [3.05, 3.63) is 82.0 Å². The summed E-state index contributed by atoms with van der Waals surface area (Å²) in [7, 11) is -1.23. The molecule has 4 saturated heterocycles. The minimum absolute atomic E-state index is 0.0218. The number of anilines is 7. The third kappa shape index (κ3) is 10.8. The number of fused-ring (bicyclic) bond motifs is 1. The lowest BCUT2D eigenvalue weighted by molar-refractivity contribution is -0.137. The van der Waals surface area contributed by atoms with Crippen molar-refractivity contribution < 1.29 is 37.3 Å². The van der Waals surface area contributed by atoms with Gasteiger partial charge in [-0.3, -0.25) is 29.4 Å². The summed E-state index contributed by atoms with van der Waals surface area (Å²) in [5.74, 6) is -2.16. The number of halogens is 3. The molecule has 2 atom stereocenters. The second kappa shape index (κ2) is 21.2. The molecule has 10 rings (SSSR count). The summed E-state index contributed by atoms with van der Waals surface area (Å²) in [6, 6.07) is 14.3. The van der Waals surface area contributed by atoms with E-state index in [0.717, 1.165) is 74.9 Å². The van der Waals surface area contributed by atoms with E-state index in [1.54, 1.807) is 32.7 Å². The molecule has 0 spiro atoms. The van der Waals surface area contributed by atoms with Gasteiger partial charge in [0.25, 0.3) is 0 Å². The molecule has 17 nitrogen and oxygen atoms in total. The van der Waals surface area contributed by atoms with Gasteiger partial charge in [-0.15, -0.1) is 0 Å². The van der Waals surface area contributed by atoms with Gasteiger partial charge in [-0.05, 0) is 122 Å². The van der Waals surface area contributed by atoms with Crippen LogP contribution in [0, 0.1) is 23.5 Å². The Morgan fingerprint density at radius 1 is 0.851 bits per heavy atom. The molecule has 2 aromatic heterocycles. The third-order valence-corrected chi connectivity index (χ3v) is 17.2. The number of nitrogens with zero attached hydrogens (tertiary/aromatic N) is 7. The van der Waals surface area contributed by atoms with Crippen LogP contribution in [0.3, 0.4) is 0 Å². The van der Waals surface area contributed by atoms with Crippen LogP contribution in [0.4, 0.5) is 49.1 Å². The molecule has 5 aromatic rings. The lowest BCUT2D eigenvalue weighted by atomic mass is 9.89. The summed E-state index contributed by atoms with van der Waals surface area (Å²) < 4.78 is 51.1. The SMILES string of the molecule is CCc1cc(Nc2ncc(Br)c(Nc3ccc4nc(NC(=O)C5CC5)ccc4c3P(C)(C)=O)n2)c(OC)cc1N1CCC(N2CCN(C(=O)[C@@H]3CCN(c4cc(F)c([C@H]5CCC(=O)NC5=O)c(F)c4)C3)CC2)CC1. The van der Waals surface area contributed by atoms with Crippen LogP contribution < -0.4 is 41.1 Å².